The van der Waals surface area contributed by atoms with E-state index in [1.54, 1.807) is 0 Å². The van der Waals surface area contributed by atoms with E-state index in [2.05, 4.69) is 19.1 Å². The van der Waals surface area contributed by atoms with Gasteiger partial charge in [-0.3, -0.25) is 4.39 Å². The van der Waals surface area contributed by atoms with Gasteiger partial charge in [0.1, 0.15) is 0 Å². The van der Waals surface area contributed by atoms with Crippen molar-refractivity contribution in [3.63, 3.8) is 0 Å². The van der Waals surface area contributed by atoms with Crippen molar-refractivity contribution in [3.05, 3.63) is 12.2 Å². The first kappa shape index (κ1) is 8.67. The Bertz CT molecular complexity index is 67.0. The number of allylic oxidation sites excluding steroid dienone is 2. The van der Waals surface area contributed by atoms with Crippen LogP contribution in [0.15, 0.2) is 12.2 Å². The zero-order chi connectivity index (χ0) is 6.95. The van der Waals surface area contributed by atoms with Gasteiger partial charge >= 0.3 is 0 Å². The topological polar surface area (TPSA) is 0 Å². The number of halogens is 1. The van der Waals surface area contributed by atoms with Crippen LogP contribution in [-0.4, -0.2) is 6.67 Å². The van der Waals surface area contributed by atoms with E-state index in [1.807, 2.05) is 0 Å². The number of hydrogen-bond acceptors (Lipinski definition) is 0. The Balaban J connectivity index is 2.82. The summed E-state index contributed by atoms with van der Waals surface area (Å²) in [5.74, 6) is 0. The van der Waals surface area contributed by atoms with E-state index in [0.717, 1.165) is 19.3 Å². The lowest BCUT2D eigenvalue weighted by Crippen LogP contribution is -1.74. The molecule has 0 spiro atoms. The summed E-state index contributed by atoms with van der Waals surface area (Å²) in [4.78, 5) is 0. The van der Waals surface area contributed by atoms with Crippen molar-refractivity contribution in [2.24, 2.45) is 0 Å². The summed E-state index contributed by atoms with van der Waals surface area (Å²) in [5, 5.41) is 0. The van der Waals surface area contributed by atoms with Crippen LogP contribution < -0.4 is 0 Å². The highest BCUT2D eigenvalue weighted by molar-refractivity contribution is 4.79. The average Bonchev–Trinajstić information content (AvgIpc) is 1.89. The van der Waals surface area contributed by atoms with Crippen molar-refractivity contribution >= 4 is 0 Å². The molecule has 0 bridgehead atoms. The summed E-state index contributed by atoms with van der Waals surface area (Å²) in [6, 6.07) is 0. The lowest BCUT2D eigenvalue weighted by atomic mass is 10.2. The lowest BCUT2D eigenvalue weighted by Gasteiger charge is -1.88. The summed E-state index contributed by atoms with van der Waals surface area (Å²) < 4.78 is 11.5. The van der Waals surface area contributed by atoms with Crippen LogP contribution in [0.2, 0.25) is 0 Å². The second-order valence-corrected chi connectivity index (χ2v) is 2.06. The number of hydrogen-bond donors (Lipinski definition) is 0. The molecule has 0 aliphatic rings. The van der Waals surface area contributed by atoms with Crippen LogP contribution in [0.4, 0.5) is 4.39 Å². The Labute approximate surface area is 56.8 Å². The predicted molar refractivity (Wildman–Crippen MR) is 39.3 cm³/mol. The largest absolute Gasteiger partial charge is 0.251 e. The first-order valence-electron chi connectivity index (χ1n) is 3.62. The molecule has 0 aromatic heterocycles. The fraction of sp³-hybridized carbons (Fsp3) is 0.750. The van der Waals surface area contributed by atoms with Crippen LogP contribution in [-0.2, 0) is 0 Å². The molecule has 54 valence electrons. The average molecular weight is 130 g/mol. The highest BCUT2D eigenvalue weighted by Gasteiger charge is 1.81. The lowest BCUT2D eigenvalue weighted by molar-refractivity contribution is 0.463. The molecule has 0 atom stereocenters. The van der Waals surface area contributed by atoms with Crippen LogP contribution in [0, 0.1) is 0 Å². The van der Waals surface area contributed by atoms with Crippen LogP contribution in [0.3, 0.4) is 0 Å². The third-order valence-electron chi connectivity index (χ3n) is 1.16. The first-order chi connectivity index (χ1) is 4.41. The summed E-state index contributed by atoms with van der Waals surface area (Å²) >= 11 is 0. The molecule has 0 radical (unpaired) electrons. The Kier molecular flexibility index (Phi) is 7.39. The number of rotatable bonds is 5. The van der Waals surface area contributed by atoms with E-state index < -0.39 is 0 Å². The Morgan fingerprint density at radius 1 is 1.22 bits per heavy atom. The highest BCUT2D eigenvalue weighted by atomic mass is 19.1. The molecule has 0 aromatic carbocycles. The summed E-state index contributed by atoms with van der Waals surface area (Å²) in [7, 11) is 0. The Hall–Kier alpha value is -0.330. The zero-order valence-electron chi connectivity index (χ0n) is 6.07. The van der Waals surface area contributed by atoms with E-state index in [0.29, 0.717) is 6.42 Å². The Morgan fingerprint density at radius 2 is 2.00 bits per heavy atom. The van der Waals surface area contributed by atoms with Gasteiger partial charge in [-0.25, -0.2) is 0 Å². The van der Waals surface area contributed by atoms with Gasteiger partial charge in [0.05, 0.1) is 6.67 Å². The van der Waals surface area contributed by atoms with Crippen molar-refractivity contribution in [3.8, 4) is 0 Å². The van der Waals surface area contributed by atoms with Gasteiger partial charge in [0.25, 0.3) is 0 Å². The van der Waals surface area contributed by atoms with Gasteiger partial charge in [-0.15, -0.1) is 0 Å². The molecule has 0 fully saturated rings. The van der Waals surface area contributed by atoms with E-state index >= 15 is 0 Å². The Morgan fingerprint density at radius 3 is 2.56 bits per heavy atom. The SMILES string of the molecule is CCC=CCCCCF. The molecule has 0 aromatic rings. The molecule has 0 aliphatic heterocycles. The normalized spacial score (nSPS) is 10.9. The summed E-state index contributed by atoms with van der Waals surface area (Å²) in [5.41, 5.74) is 0. The summed E-state index contributed by atoms with van der Waals surface area (Å²) in [6.45, 7) is 1.94. The monoisotopic (exact) mass is 130 g/mol. The van der Waals surface area contributed by atoms with Gasteiger partial charge in [0.2, 0.25) is 0 Å². The molecule has 0 unspecified atom stereocenters. The molecule has 0 saturated carbocycles. The highest BCUT2D eigenvalue weighted by Crippen LogP contribution is 1.96. The van der Waals surface area contributed by atoms with Gasteiger partial charge < -0.3 is 0 Å². The second kappa shape index (κ2) is 7.67. The molecular formula is C8H15F. The maximum absolute atomic E-state index is 11.5. The molecule has 1 heteroatoms. The fourth-order valence-corrected chi connectivity index (χ4v) is 0.641. The number of unbranched alkanes of at least 4 members (excludes halogenated alkanes) is 2. The molecule has 0 aliphatic carbocycles. The standard InChI is InChI=1S/C8H15F/c1-2-3-4-5-6-7-8-9/h3-4H,2,5-8H2,1H3. The molecule has 0 heterocycles. The molecule has 0 N–H and O–H groups in total. The van der Waals surface area contributed by atoms with Gasteiger partial charge in [0.15, 0.2) is 0 Å². The predicted octanol–water partition coefficient (Wildman–Crippen LogP) is 3.09. The van der Waals surface area contributed by atoms with Gasteiger partial charge in [-0.2, -0.15) is 0 Å². The fourth-order valence-electron chi connectivity index (χ4n) is 0.641. The van der Waals surface area contributed by atoms with Crippen molar-refractivity contribution in [2.45, 2.75) is 32.6 Å². The van der Waals surface area contributed by atoms with Crippen molar-refractivity contribution in [2.75, 3.05) is 6.67 Å². The second-order valence-electron chi connectivity index (χ2n) is 2.06. The quantitative estimate of drug-likeness (QED) is 0.396. The first-order valence-corrected chi connectivity index (χ1v) is 3.62. The van der Waals surface area contributed by atoms with Crippen molar-refractivity contribution in [1.29, 1.82) is 0 Å². The summed E-state index contributed by atoms with van der Waals surface area (Å²) in [6.07, 6.45) is 8.09. The van der Waals surface area contributed by atoms with E-state index in [-0.39, 0.29) is 6.67 Å². The molecule has 0 amide bonds. The minimum Gasteiger partial charge on any atom is -0.251 e. The minimum atomic E-state index is -0.167. The molecule has 0 nitrogen and oxygen atoms in total. The maximum atomic E-state index is 11.5. The van der Waals surface area contributed by atoms with Crippen LogP contribution >= 0.6 is 0 Å². The van der Waals surface area contributed by atoms with Gasteiger partial charge in [0, 0.05) is 0 Å². The smallest absolute Gasteiger partial charge is 0.0894 e. The molecular weight excluding hydrogens is 115 g/mol. The zero-order valence-corrected chi connectivity index (χ0v) is 6.07. The molecule has 9 heavy (non-hydrogen) atoms. The van der Waals surface area contributed by atoms with E-state index in [9.17, 15) is 4.39 Å². The maximum Gasteiger partial charge on any atom is 0.0894 e. The van der Waals surface area contributed by atoms with E-state index in [4.69, 9.17) is 0 Å². The van der Waals surface area contributed by atoms with Crippen LogP contribution in [0.1, 0.15) is 32.6 Å². The third kappa shape index (κ3) is 7.67. The van der Waals surface area contributed by atoms with Gasteiger partial charge in [-0.05, 0) is 25.7 Å². The minimum absolute atomic E-state index is 0.167. The van der Waals surface area contributed by atoms with Crippen LogP contribution in [0.25, 0.3) is 0 Å². The molecule has 0 saturated heterocycles. The van der Waals surface area contributed by atoms with E-state index in [1.165, 1.54) is 0 Å². The van der Waals surface area contributed by atoms with Crippen LogP contribution in [0.5, 0.6) is 0 Å². The number of alkyl halides is 1. The van der Waals surface area contributed by atoms with Crippen molar-refractivity contribution in [1.82, 2.24) is 0 Å². The molecule has 0 rings (SSSR count). The third-order valence-corrected chi connectivity index (χ3v) is 1.16. The van der Waals surface area contributed by atoms with Crippen molar-refractivity contribution < 1.29 is 4.39 Å². The van der Waals surface area contributed by atoms with Gasteiger partial charge in [-0.1, -0.05) is 19.1 Å².